The fourth-order valence-electron chi connectivity index (χ4n) is 1.28. The number of aryl methyl sites for hydroxylation is 1. The molecule has 76 valence electrons. The third-order valence-corrected chi connectivity index (χ3v) is 2.10. The summed E-state index contributed by atoms with van der Waals surface area (Å²) in [5.41, 5.74) is 1.88. The minimum Gasteiger partial charge on any atom is -0.477 e. The minimum absolute atomic E-state index is 0.0771. The van der Waals surface area contributed by atoms with Gasteiger partial charge in [0.15, 0.2) is 0 Å². The van der Waals surface area contributed by atoms with Gasteiger partial charge < -0.3 is 10.1 Å². The van der Waals surface area contributed by atoms with E-state index in [0.717, 1.165) is 11.1 Å². The summed E-state index contributed by atoms with van der Waals surface area (Å²) in [5.74, 6) is -0.492. The largest absolute Gasteiger partial charge is 0.477 e. The number of nitrogens with zero attached hydrogens (tertiary/aromatic N) is 2. The van der Waals surface area contributed by atoms with Crippen LogP contribution in [0.1, 0.15) is 16.1 Å². The van der Waals surface area contributed by atoms with Crippen LogP contribution in [0.4, 0.5) is 0 Å². The standard InChI is InChI=1S/C10H9N3O2/c1-6-2-3-11-4-7(6)9-12-5-8(13-9)10(14)15/h2-5H,1H3,(H,12,13)(H,14,15). The molecule has 0 unspecified atom stereocenters. The summed E-state index contributed by atoms with van der Waals surface area (Å²) in [7, 11) is 0. The van der Waals surface area contributed by atoms with E-state index in [4.69, 9.17) is 5.11 Å². The van der Waals surface area contributed by atoms with Crippen molar-refractivity contribution in [1.29, 1.82) is 0 Å². The van der Waals surface area contributed by atoms with E-state index in [0.29, 0.717) is 5.82 Å². The second-order valence-corrected chi connectivity index (χ2v) is 3.14. The molecule has 0 fully saturated rings. The molecule has 0 aromatic carbocycles. The van der Waals surface area contributed by atoms with Gasteiger partial charge >= 0.3 is 5.97 Å². The van der Waals surface area contributed by atoms with E-state index in [1.54, 1.807) is 12.4 Å². The Balaban J connectivity index is 2.46. The van der Waals surface area contributed by atoms with Crippen LogP contribution in [0.5, 0.6) is 0 Å². The SMILES string of the molecule is Cc1ccncc1-c1ncc(C(=O)O)[nH]1. The lowest BCUT2D eigenvalue weighted by Gasteiger charge is -1.99. The Morgan fingerprint density at radius 3 is 2.87 bits per heavy atom. The number of aromatic amines is 1. The number of carboxylic acid groups (broad SMARTS) is 1. The summed E-state index contributed by atoms with van der Waals surface area (Å²) in [6.45, 7) is 1.92. The van der Waals surface area contributed by atoms with Crippen LogP contribution in [0.2, 0.25) is 0 Å². The summed E-state index contributed by atoms with van der Waals surface area (Å²) in [4.78, 5) is 21.3. The highest BCUT2D eigenvalue weighted by Gasteiger charge is 2.10. The lowest BCUT2D eigenvalue weighted by Crippen LogP contribution is -1.95. The van der Waals surface area contributed by atoms with Gasteiger partial charge in [-0.1, -0.05) is 0 Å². The van der Waals surface area contributed by atoms with Crippen LogP contribution in [-0.4, -0.2) is 26.0 Å². The van der Waals surface area contributed by atoms with Gasteiger partial charge in [-0.25, -0.2) is 9.78 Å². The van der Waals surface area contributed by atoms with E-state index >= 15 is 0 Å². The van der Waals surface area contributed by atoms with Crippen molar-refractivity contribution in [2.75, 3.05) is 0 Å². The van der Waals surface area contributed by atoms with Gasteiger partial charge in [-0.3, -0.25) is 4.98 Å². The predicted molar refractivity (Wildman–Crippen MR) is 53.5 cm³/mol. The van der Waals surface area contributed by atoms with Gasteiger partial charge in [-0.15, -0.1) is 0 Å². The van der Waals surface area contributed by atoms with Gasteiger partial charge in [0, 0.05) is 18.0 Å². The first-order chi connectivity index (χ1) is 7.18. The fraction of sp³-hybridized carbons (Fsp3) is 0.100. The van der Waals surface area contributed by atoms with Crippen molar-refractivity contribution in [3.05, 3.63) is 35.9 Å². The zero-order valence-electron chi connectivity index (χ0n) is 8.06. The average Bonchev–Trinajstić information content (AvgIpc) is 2.67. The topological polar surface area (TPSA) is 78.9 Å². The molecular weight excluding hydrogens is 194 g/mol. The number of hydrogen-bond acceptors (Lipinski definition) is 3. The van der Waals surface area contributed by atoms with Gasteiger partial charge in [0.05, 0.1) is 6.20 Å². The first kappa shape index (κ1) is 9.39. The molecule has 2 heterocycles. The zero-order chi connectivity index (χ0) is 10.8. The summed E-state index contributed by atoms with van der Waals surface area (Å²) in [5, 5.41) is 8.73. The van der Waals surface area contributed by atoms with E-state index in [1.165, 1.54) is 6.20 Å². The Morgan fingerprint density at radius 1 is 1.47 bits per heavy atom. The maximum Gasteiger partial charge on any atom is 0.353 e. The van der Waals surface area contributed by atoms with Crippen molar-refractivity contribution >= 4 is 5.97 Å². The summed E-state index contributed by atoms with van der Waals surface area (Å²) >= 11 is 0. The molecule has 0 spiro atoms. The smallest absolute Gasteiger partial charge is 0.353 e. The van der Waals surface area contributed by atoms with E-state index in [-0.39, 0.29) is 5.69 Å². The van der Waals surface area contributed by atoms with Gasteiger partial charge in [-0.2, -0.15) is 0 Å². The van der Waals surface area contributed by atoms with Crippen LogP contribution in [0.3, 0.4) is 0 Å². The van der Waals surface area contributed by atoms with Gasteiger partial charge in [0.2, 0.25) is 0 Å². The summed E-state index contributed by atoms with van der Waals surface area (Å²) in [6.07, 6.45) is 4.63. The third kappa shape index (κ3) is 1.71. The van der Waals surface area contributed by atoms with Gasteiger partial charge in [-0.05, 0) is 18.6 Å². The third-order valence-electron chi connectivity index (χ3n) is 2.10. The Morgan fingerprint density at radius 2 is 2.27 bits per heavy atom. The summed E-state index contributed by atoms with van der Waals surface area (Å²) < 4.78 is 0. The molecule has 5 nitrogen and oxygen atoms in total. The monoisotopic (exact) mass is 203 g/mol. The van der Waals surface area contributed by atoms with E-state index in [9.17, 15) is 4.79 Å². The maximum atomic E-state index is 10.6. The van der Waals surface area contributed by atoms with Gasteiger partial charge in [0.1, 0.15) is 11.5 Å². The minimum atomic E-state index is -1.02. The lowest BCUT2D eigenvalue weighted by atomic mass is 10.1. The molecule has 0 aliphatic rings. The molecular formula is C10H9N3O2. The molecule has 0 saturated heterocycles. The Hall–Kier alpha value is -2.17. The lowest BCUT2D eigenvalue weighted by molar-refractivity contribution is 0.0691. The van der Waals surface area contributed by atoms with E-state index in [1.807, 2.05) is 13.0 Å². The van der Waals surface area contributed by atoms with Crippen LogP contribution in [0.25, 0.3) is 11.4 Å². The molecule has 0 radical (unpaired) electrons. The molecule has 0 amide bonds. The molecule has 15 heavy (non-hydrogen) atoms. The average molecular weight is 203 g/mol. The van der Waals surface area contributed by atoms with Crippen LogP contribution in [0, 0.1) is 6.92 Å². The Bertz CT molecular complexity index is 505. The first-order valence-electron chi connectivity index (χ1n) is 4.38. The number of hydrogen-bond donors (Lipinski definition) is 2. The second kappa shape index (κ2) is 3.53. The number of rotatable bonds is 2. The van der Waals surface area contributed by atoms with Crippen molar-refractivity contribution in [3.63, 3.8) is 0 Å². The van der Waals surface area contributed by atoms with Crippen molar-refractivity contribution < 1.29 is 9.90 Å². The number of nitrogens with one attached hydrogen (secondary N) is 1. The molecule has 2 aromatic heterocycles. The molecule has 2 rings (SSSR count). The van der Waals surface area contributed by atoms with Crippen LogP contribution < -0.4 is 0 Å². The highest BCUT2D eigenvalue weighted by molar-refractivity contribution is 5.85. The molecule has 2 aromatic rings. The number of pyridine rings is 1. The van der Waals surface area contributed by atoms with Crippen molar-refractivity contribution in [1.82, 2.24) is 15.0 Å². The molecule has 0 saturated carbocycles. The normalized spacial score (nSPS) is 10.2. The quantitative estimate of drug-likeness (QED) is 0.774. The van der Waals surface area contributed by atoms with Crippen LogP contribution in [-0.2, 0) is 0 Å². The molecule has 0 aliphatic heterocycles. The molecule has 0 bridgehead atoms. The van der Waals surface area contributed by atoms with Crippen LogP contribution in [0.15, 0.2) is 24.7 Å². The zero-order valence-corrected chi connectivity index (χ0v) is 8.06. The number of aromatic nitrogens is 3. The van der Waals surface area contributed by atoms with Crippen molar-refractivity contribution in [2.45, 2.75) is 6.92 Å². The molecule has 2 N–H and O–H groups in total. The van der Waals surface area contributed by atoms with E-state index < -0.39 is 5.97 Å². The fourth-order valence-corrected chi connectivity index (χ4v) is 1.28. The highest BCUT2D eigenvalue weighted by Crippen LogP contribution is 2.18. The molecule has 5 heteroatoms. The number of H-pyrrole nitrogens is 1. The first-order valence-corrected chi connectivity index (χ1v) is 4.38. The number of imidazole rings is 1. The summed E-state index contributed by atoms with van der Waals surface area (Å²) in [6, 6.07) is 1.85. The van der Waals surface area contributed by atoms with E-state index in [2.05, 4.69) is 15.0 Å². The number of carbonyl (C=O) groups is 1. The Labute approximate surface area is 85.8 Å². The van der Waals surface area contributed by atoms with Crippen molar-refractivity contribution in [3.8, 4) is 11.4 Å². The molecule has 0 aliphatic carbocycles. The van der Waals surface area contributed by atoms with Crippen molar-refractivity contribution in [2.24, 2.45) is 0 Å². The predicted octanol–water partition coefficient (Wildman–Crippen LogP) is 1.48. The number of carboxylic acids is 1. The van der Waals surface area contributed by atoms with Gasteiger partial charge in [0.25, 0.3) is 0 Å². The second-order valence-electron chi connectivity index (χ2n) is 3.14. The molecule has 0 atom stereocenters. The Kier molecular flexibility index (Phi) is 2.21. The maximum absolute atomic E-state index is 10.6. The highest BCUT2D eigenvalue weighted by atomic mass is 16.4. The number of aromatic carboxylic acids is 1. The van der Waals surface area contributed by atoms with Crippen LogP contribution >= 0.6 is 0 Å².